The highest BCUT2D eigenvalue weighted by Gasteiger charge is 2.18. The topological polar surface area (TPSA) is 72.4 Å². The molecule has 1 rings (SSSR count). The minimum atomic E-state index is -4.37. The van der Waals surface area contributed by atoms with Crippen LogP contribution in [0.2, 0.25) is 0 Å². The summed E-state index contributed by atoms with van der Waals surface area (Å²) in [6.07, 6.45) is 5.39. The van der Waals surface area contributed by atoms with Crippen LogP contribution in [-0.2, 0) is 28.2 Å². The van der Waals surface area contributed by atoms with Gasteiger partial charge in [-0.25, -0.2) is 13.3 Å². The number of hydrogen-bond acceptors (Lipinski definition) is 3. The number of imidazole rings is 1. The number of hydrogen-bond donors (Lipinski definition) is 1. The summed E-state index contributed by atoms with van der Waals surface area (Å²) in [6.45, 7) is 2.18. The molecule has 1 aromatic heterocycles. The van der Waals surface area contributed by atoms with E-state index in [2.05, 4.69) is 4.18 Å². The zero-order valence-electron chi connectivity index (χ0n) is 8.70. The molecule has 0 aliphatic carbocycles. The summed E-state index contributed by atoms with van der Waals surface area (Å²) >= 11 is 0. The van der Waals surface area contributed by atoms with Crippen LogP contribution >= 0.6 is 0 Å². The number of aromatic nitrogens is 2. The summed E-state index contributed by atoms with van der Waals surface area (Å²) in [5.41, 5.74) is 0. The van der Waals surface area contributed by atoms with Crippen LogP contribution in [0.1, 0.15) is 13.3 Å². The van der Waals surface area contributed by atoms with Gasteiger partial charge in [0.15, 0.2) is 0 Å². The van der Waals surface area contributed by atoms with E-state index in [9.17, 15) is 8.42 Å². The van der Waals surface area contributed by atoms with Crippen molar-refractivity contribution in [1.29, 1.82) is 0 Å². The molecule has 1 aromatic rings. The zero-order valence-corrected chi connectivity index (χ0v) is 9.51. The Morgan fingerprint density at radius 3 is 2.67 bits per heavy atom. The van der Waals surface area contributed by atoms with Gasteiger partial charge < -0.3 is 0 Å². The molecule has 0 bridgehead atoms. The molecule has 0 saturated carbocycles. The summed E-state index contributed by atoms with van der Waals surface area (Å²) in [6, 6.07) is 0. The van der Waals surface area contributed by atoms with Crippen molar-refractivity contribution in [2.24, 2.45) is 7.05 Å². The molecule has 0 saturated heterocycles. The van der Waals surface area contributed by atoms with Crippen molar-refractivity contribution in [3.05, 3.63) is 18.7 Å². The van der Waals surface area contributed by atoms with Gasteiger partial charge in [-0.15, -0.1) is 0 Å². The Hall–Kier alpha value is -0.920. The van der Waals surface area contributed by atoms with Gasteiger partial charge in [0, 0.05) is 0 Å². The van der Waals surface area contributed by atoms with Crippen LogP contribution in [0.15, 0.2) is 18.7 Å². The van der Waals surface area contributed by atoms with Crippen molar-refractivity contribution < 1.29 is 21.7 Å². The van der Waals surface area contributed by atoms with Crippen molar-refractivity contribution in [1.82, 2.24) is 4.57 Å². The number of aryl methyl sites for hydroxylation is 1. The summed E-state index contributed by atoms with van der Waals surface area (Å²) in [7, 11) is -2.51. The van der Waals surface area contributed by atoms with Gasteiger partial charge in [-0.1, -0.05) is 6.92 Å². The van der Waals surface area contributed by atoms with Gasteiger partial charge in [-0.2, -0.15) is 8.42 Å². The fraction of sp³-hybridized carbons (Fsp3) is 0.625. The van der Waals surface area contributed by atoms with E-state index < -0.39 is 16.5 Å². The standard InChI is InChI=1S/C8H14N2O4S/c1-3-8(14-15(11,12)13)6-10-5-4-9(2)7-10/h4-5,7-8H,3,6H2,1-2H3/p+1. The second-order valence-corrected chi connectivity index (χ2v) is 4.38. The lowest BCUT2D eigenvalue weighted by Crippen LogP contribution is -2.26. The maximum Gasteiger partial charge on any atom is 0.397 e. The van der Waals surface area contributed by atoms with E-state index in [-0.39, 0.29) is 0 Å². The maximum atomic E-state index is 10.5. The highest BCUT2D eigenvalue weighted by atomic mass is 32.3. The first-order valence-corrected chi connectivity index (χ1v) is 5.94. The zero-order chi connectivity index (χ0) is 11.5. The van der Waals surface area contributed by atoms with E-state index >= 15 is 0 Å². The van der Waals surface area contributed by atoms with Crippen molar-refractivity contribution in [2.45, 2.75) is 26.0 Å². The van der Waals surface area contributed by atoms with Crippen molar-refractivity contribution in [3.8, 4) is 0 Å². The minimum absolute atomic E-state index is 0.386. The number of nitrogens with zero attached hydrogens (tertiary/aromatic N) is 2. The van der Waals surface area contributed by atoms with E-state index in [1.807, 2.05) is 17.8 Å². The van der Waals surface area contributed by atoms with Crippen molar-refractivity contribution in [3.63, 3.8) is 0 Å². The highest BCUT2D eigenvalue weighted by molar-refractivity contribution is 7.80. The molecule has 1 N–H and O–H groups in total. The molecular formula is C8H15N2O4S+. The van der Waals surface area contributed by atoms with Gasteiger partial charge in [0.25, 0.3) is 0 Å². The Bertz CT molecular complexity index is 412. The molecule has 1 unspecified atom stereocenters. The Kier molecular flexibility index (Phi) is 3.83. The minimum Gasteiger partial charge on any atom is -0.264 e. The number of rotatable bonds is 5. The monoisotopic (exact) mass is 235 g/mol. The van der Waals surface area contributed by atoms with Gasteiger partial charge in [-0.3, -0.25) is 4.55 Å². The van der Waals surface area contributed by atoms with E-state index in [1.165, 1.54) is 0 Å². The quantitative estimate of drug-likeness (QED) is 0.572. The molecule has 0 aromatic carbocycles. The SMILES string of the molecule is CCC(Cn1cc[n+](C)c1)OS(=O)(=O)O. The van der Waals surface area contributed by atoms with Crippen LogP contribution in [0.5, 0.6) is 0 Å². The predicted molar refractivity (Wildman–Crippen MR) is 52.3 cm³/mol. The average Bonchev–Trinajstić information content (AvgIpc) is 2.47. The molecule has 0 radical (unpaired) electrons. The molecule has 1 atom stereocenters. The maximum absolute atomic E-state index is 10.5. The van der Waals surface area contributed by atoms with E-state index in [0.717, 1.165) is 0 Å². The third-order valence-electron chi connectivity index (χ3n) is 1.95. The summed E-state index contributed by atoms with van der Waals surface area (Å²) in [5.74, 6) is 0. The van der Waals surface area contributed by atoms with Crippen molar-refractivity contribution >= 4 is 10.4 Å². The highest BCUT2D eigenvalue weighted by Crippen LogP contribution is 2.05. The fourth-order valence-corrected chi connectivity index (χ4v) is 1.79. The fourth-order valence-electron chi connectivity index (χ4n) is 1.24. The van der Waals surface area contributed by atoms with Gasteiger partial charge in [0.1, 0.15) is 25.0 Å². The van der Waals surface area contributed by atoms with Crippen LogP contribution in [0.3, 0.4) is 0 Å². The molecule has 1 heterocycles. The van der Waals surface area contributed by atoms with Gasteiger partial charge in [0.05, 0.1) is 7.05 Å². The third-order valence-corrected chi connectivity index (χ3v) is 2.47. The molecule has 0 aliphatic rings. The van der Waals surface area contributed by atoms with Gasteiger partial charge in [-0.05, 0) is 6.42 Å². The Labute approximate surface area is 89.1 Å². The Morgan fingerprint density at radius 2 is 2.27 bits per heavy atom. The van der Waals surface area contributed by atoms with E-state index in [0.29, 0.717) is 13.0 Å². The van der Waals surface area contributed by atoms with Gasteiger partial charge in [0.2, 0.25) is 6.33 Å². The second kappa shape index (κ2) is 4.73. The molecule has 0 fully saturated rings. The predicted octanol–water partition coefficient (Wildman–Crippen LogP) is -0.0894. The molecule has 0 spiro atoms. The van der Waals surface area contributed by atoms with Crippen LogP contribution in [0, 0.1) is 0 Å². The molecule has 0 amide bonds. The van der Waals surface area contributed by atoms with Crippen molar-refractivity contribution in [2.75, 3.05) is 0 Å². The van der Waals surface area contributed by atoms with Crippen LogP contribution in [0.25, 0.3) is 0 Å². The summed E-state index contributed by atoms with van der Waals surface area (Å²) in [5, 5.41) is 0. The first-order valence-electron chi connectivity index (χ1n) is 4.57. The summed E-state index contributed by atoms with van der Waals surface area (Å²) < 4.78 is 37.7. The van der Waals surface area contributed by atoms with E-state index in [4.69, 9.17) is 4.55 Å². The normalized spacial score (nSPS) is 14.1. The van der Waals surface area contributed by atoms with Crippen LogP contribution < -0.4 is 4.57 Å². The molecule has 86 valence electrons. The Morgan fingerprint density at radius 1 is 1.60 bits per heavy atom. The largest absolute Gasteiger partial charge is 0.397 e. The first-order chi connectivity index (χ1) is 6.90. The first kappa shape index (κ1) is 12.2. The van der Waals surface area contributed by atoms with Gasteiger partial charge >= 0.3 is 10.4 Å². The lowest BCUT2D eigenvalue weighted by Gasteiger charge is -2.10. The van der Waals surface area contributed by atoms with Crippen LogP contribution in [0.4, 0.5) is 0 Å². The van der Waals surface area contributed by atoms with Crippen LogP contribution in [-0.4, -0.2) is 23.6 Å². The molecule has 15 heavy (non-hydrogen) atoms. The third kappa shape index (κ3) is 4.41. The van der Waals surface area contributed by atoms with E-state index in [1.54, 1.807) is 24.0 Å². The molecule has 6 nitrogen and oxygen atoms in total. The average molecular weight is 235 g/mol. The molecule has 7 heteroatoms. The second-order valence-electron chi connectivity index (χ2n) is 3.33. The molecule has 0 aliphatic heterocycles. The summed E-state index contributed by atoms with van der Waals surface area (Å²) in [4.78, 5) is 0. The smallest absolute Gasteiger partial charge is 0.264 e. The molecular weight excluding hydrogens is 220 g/mol. The Balaban J connectivity index is 2.62. The lowest BCUT2D eigenvalue weighted by molar-refractivity contribution is -0.671. The lowest BCUT2D eigenvalue weighted by atomic mass is 10.3.